The van der Waals surface area contributed by atoms with Gasteiger partial charge in [-0.2, -0.15) is 10.2 Å². The minimum atomic E-state index is 0.710. The van der Waals surface area contributed by atoms with Gasteiger partial charge in [0.15, 0.2) is 0 Å². The van der Waals surface area contributed by atoms with Crippen LogP contribution in [-0.4, -0.2) is 19.6 Å². The Labute approximate surface area is 124 Å². The van der Waals surface area contributed by atoms with Crippen molar-refractivity contribution < 1.29 is 0 Å². The zero-order valence-corrected chi connectivity index (χ0v) is 12.3. The van der Waals surface area contributed by atoms with Gasteiger partial charge >= 0.3 is 0 Å². The summed E-state index contributed by atoms with van der Waals surface area (Å²) in [7, 11) is 0. The molecule has 3 aromatic rings. The van der Waals surface area contributed by atoms with Crippen molar-refractivity contribution in [1.82, 2.24) is 19.6 Å². The molecular weight excluding hydrogens is 262 g/mol. The van der Waals surface area contributed by atoms with Gasteiger partial charge in [-0.3, -0.25) is 9.36 Å². The molecular formula is C16H19N5. The molecule has 21 heavy (non-hydrogen) atoms. The highest BCUT2D eigenvalue weighted by atomic mass is 15.3. The second-order valence-electron chi connectivity index (χ2n) is 5.11. The summed E-state index contributed by atoms with van der Waals surface area (Å²) >= 11 is 0. The lowest BCUT2D eigenvalue weighted by Crippen LogP contribution is -2.08. The largest absolute Gasteiger partial charge is 0.398 e. The summed E-state index contributed by atoms with van der Waals surface area (Å²) in [6, 6.07) is 9.94. The molecule has 0 fully saturated rings. The normalized spacial score (nSPS) is 11.0. The maximum absolute atomic E-state index is 6.01. The lowest BCUT2D eigenvalue weighted by molar-refractivity contribution is 0.575. The molecule has 5 nitrogen and oxygen atoms in total. The van der Waals surface area contributed by atoms with Crippen LogP contribution in [0.5, 0.6) is 0 Å². The third-order valence-corrected chi connectivity index (χ3v) is 3.51. The van der Waals surface area contributed by atoms with Crippen LogP contribution in [0.3, 0.4) is 0 Å². The van der Waals surface area contributed by atoms with Crippen molar-refractivity contribution in [2.45, 2.75) is 26.9 Å². The Morgan fingerprint density at radius 3 is 2.81 bits per heavy atom. The highest BCUT2D eigenvalue weighted by Crippen LogP contribution is 2.24. The van der Waals surface area contributed by atoms with E-state index in [9.17, 15) is 0 Å². The zero-order chi connectivity index (χ0) is 14.8. The third-order valence-electron chi connectivity index (χ3n) is 3.51. The van der Waals surface area contributed by atoms with Crippen LogP contribution in [-0.2, 0) is 13.1 Å². The van der Waals surface area contributed by atoms with Gasteiger partial charge in [-0.25, -0.2) is 0 Å². The van der Waals surface area contributed by atoms with Crippen LogP contribution >= 0.6 is 0 Å². The molecule has 2 heterocycles. The second kappa shape index (κ2) is 5.44. The van der Waals surface area contributed by atoms with Crippen molar-refractivity contribution in [3.63, 3.8) is 0 Å². The zero-order valence-electron chi connectivity index (χ0n) is 12.3. The lowest BCUT2D eigenvalue weighted by Gasteiger charge is -2.04. The minimum Gasteiger partial charge on any atom is -0.398 e. The van der Waals surface area contributed by atoms with E-state index in [0.29, 0.717) is 6.54 Å². The molecule has 0 amide bonds. The molecule has 2 aromatic heterocycles. The van der Waals surface area contributed by atoms with Crippen LogP contribution in [0.1, 0.15) is 18.3 Å². The number of nitrogen functional groups attached to an aromatic ring is 1. The fraction of sp³-hybridized carbons (Fsp3) is 0.250. The smallest absolute Gasteiger partial charge is 0.0828 e. The Balaban J connectivity index is 1.87. The van der Waals surface area contributed by atoms with Crippen molar-refractivity contribution >= 4 is 5.69 Å². The number of rotatable bonds is 4. The fourth-order valence-corrected chi connectivity index (χ4v) is 2.52. The van der Waals surface area contributed by atoms with Crippen LogP contribution < -0.4 is 5.73 Å². The van der Waals surface area contributed by atoms with E-state index in [1.165, 1.54) is 0 Å². The quantitative estimate of drug-likeness (QED) is 0.748. The van der Waals surface area contributed by atoms with E-state index in [4.69, 9.17) is 5.73 Å². The summed E-state index contributed by atoms with van der Waals surface area (Å²) in [5, 5.41) is 8.89. The molecule has 1 aromatic carbocycles. The number of hydrogen-bond donors (Lipinski definition) is 1. The monoisotopic (exact) mass is 281 g/mol. The summed E-state index contributed by atoms with van der Waals surface area (Å²) in [5.41, 5.74) is 11.0. The molecule has 0 aliphatic rings. The highest BCUT2D eigenvalue weighted by Gasteiger charge is 2.08. The van der Waals surface area contributed by atoms with Gasteiger partial charge in [-0.15, -0.1) is 0 Å². The first-order chi connectivity index (χ1) is 10.2. The second-order valence-corrected chi connectivity index (χ2v) is 5.11. The number of aryl methyl sites for hydroxylation is 2. The Morgan fingerprint density at radius 2 is 2.05 bits per heavy atom. The highest BCUT2D eigenvalue weighted by molar-refractivity contribution is 5.75. The van der Waals surface area contributed by atoms with E-state index in [-0.39, 0.29) is 0 Å². The predicted molar refractivity (Wildman–Crippen MR) is 83.8 cm³/mol. The number of anilines is 1. The maximum Gasteiger partial charge on any atom is 0.0828 e. The number of benzene rings is 1. The molecule has 0 saturated carbocycles. The van der Waals surface area contributed by atoms with Crippen LogP contribution in [0.25, 0.3) is 11.1 Å². The summed E-state index contributed by atoms with van der Waals surface area (Å²) in [4.78, 5) is 0. The Morgan fingerprint density at radius 1 is 1.24 bits per heavy atom. The average molecular weight is 281 g/mol. The summed E-state index contributed by atoms with van der Waals surface area (Å²) in [5.74, 6) is 0. The first kappa shape index (κ1) is 13.4. The molecule has 0 aliphatic carbocycles. The molecule has 0 unspecified atom stereocenters. The number of para-hydroxylation sites is 1. The molecule has 0 bridgehead atoms. The van der Waals surface area contributed by atoms with Gasteiger partial charge in [-0.1, -0.05) is 18.2 Å². The molecule has 3 rings (SSSR count). The molecule has 0 aliphatic heterocycles. The summed E-state index contributed by atoms with van der Waals surface area (Å²) < 4.78 is 3.93. The van der Waals surface area contributed by atoms with Crippen LogP contribution in [0.4, 0.5) is 5.69 Å². The van der Waals surface area contributed by atoms with E-state index in [1.807, 2.05) is 52.9 Å². The van der Waals surface area contributed by atoms with Gasteiger partial charge in [-0.05, 0) is 26.0 Å². The van der Waals surface area contributed by atoms with E-state index >= 15 is 0 Å². The van der Waals surface area contributed by atoms with Crippen molar-refractivity contribution in [3.05, 3.63) is 54.1 Å². The van der Waals surface area contributed by atoms with Crippen molar-refractivity contribution in [3.8, 4) is 11.1 Å². The number of nitrogens with two attached hydrogens (primary N) is 1. The summed E-state index contributed by atoms with van der Waals surface area (Å²) in [6.07, 6.45) is 3.87. The Bertz CT molecular complexity index is 754. The summed E-state index contributed by atoms with van der Waals surface area (Å²) in [6.45, 7) is 5.67. The van der Waals surface area contributed by atoms with Crippen molar-refractivity contribution in [2.75, 3.05) is 5.73 Å². The molecule has 0 atom stereocenters. The van der Waals surface area contributed by atoms with Gasteiger partial charge in [0.25, 0.3) is 0 Å². The van der Waals surface area contributed by atoms with E-state index in [1.54, 1.807) is 0 Å². The minimum absolute atomic E-state index is 0.710. The Hall–Kier alpha value is -2.56. The fourth-order valence-electron chi connectivity index (χ4n) is 2.52. The van der Waals surface area contributed by atoms with E-state index < -0.39 is 0 Å². The van der Waals surface area contributed by atoms with Gasteiger partial charge in [0.05, 0.1) is 24.1 Å². The molecule has 0 saturated heterocycles. The molecule has 2 N–H and O–H groups in total. The molecule has 5 heteroatoms. The van der Waals surface area contributed by atoms with Gasteiger partial charge < -0.3 is 5.73 Å². The van der Waals surface area contributed by atoms with Crippen molar-refractivity contribution in [1.29, 1.82) is 0 Å². The predicted octanol–water partition coefficient (Wildman–Crippen LogP) is 2.71. The van der Waals surface area contributed by atoms with Gasteiger partial charge in [0, 0.05) is 29.6 Å². The number of hydrogen-bond acceptors (Lipinski definition) is 3. The number of aromatic nitrogens is 4. The van der Waals surface area contributed by atoms with Crippen LogP contribution in [0.2, 0.25) is 0 Å². The topological polar surface area (TPSA) is 61.7 Å². The standard InChI is InChI=1S/C16H19N5/c1-3-21-14(8-12(2)19-21)11-20-10-13(9-18-20)15-6-4-5-7-16(15)17/h4-10H,3,11,17H2,1-2H3. The van der Waals surface area contributed by atoms with E-state index in [0.717, 1.165) is 34.7 Å². The molecule has 0 radical (unpaired) electrons. The SMILES string of the molecule is CCn1nc(C)cc1Cn1cc(-c2ccccc2N)cn1. The molecule has 108 valence electrons. The van der Waals surface area contributed by atoms with Gasteiger partial charge in [0.2, 0.25) is 0 Å². The lowest BCUT2D eigenvalue weighted by atomic mass is 10.1. The molecule has 0 spiro atoms. The maximum atomic E-state index is 6.01. The first-order valence-corrected chi connectivity index (χ1v) is 7.08. The van der Waals surface area contributed by atoms with Crippen molar-refractivity contribution in [2.24, 2.45) is 0 Å². The van der Waals surface area contributed by atoms with Crippen LogP contribution in [0, 0.1) is 6.92 Å². The Kier molecular flexibility index (Phi) is 3.48. The number of nitrogens with zero attached hydrogens (tertiary/aromatic N) is 4. The van der Waals surface area contributed by atoms with Gasteiger partial charge in [0.1, 0.15) is 0 Å². The van der Waals surface area contributed by atoms with E-state index in [2.05, 4.69) is 23.2 Å². The third kappa shape index (κ3) is 2.67. The first-order valence-electron chi connectivity index (χ1n) is 7.08. The van der Waals surface area contributed by atoms with Crippen LogP contribution in [0.15, 0.2) is 42.7 Å². The average Bonchev–Trinajstić information content (AvgIpc) is 3.06.